The van der Waals surface area contributed by atoms with Crippen molar-refractivity contribution >= 4 is 41.2 Å². The maximum absolute atomic E-state index is 13.0. The lowest BCUT2D eigenvalue weighted by Crippen LogP contribution is -2.47. The van der Waals surface area contributed by atoms with Crippen molar-refractivity contribution in [2.24, 2.45) is 16.6 Å². The highest BCUT2D eigenvalue weighted by Gasteiger charge is 2.31. The van der Waals surface area contributed by atoms with E-state index in [1.807, 2.05) is 54.6 Å². The van der Waals surface area contributed by atoms with Crippen LogP contribution in [-0.4, -0.2) is 48.5 Å². The number of guanidine groups is 1. The zero-order valence-corrected chi connectivity index (χ0v) is 27.4. The molecule has 12 heteroatoms. The molecule has 4 N–H and O–H groups in total. The molecule has 49 heavy (non-hydrogen) atoms. The number of nitrogens with one attached hydrogen (secondary N) is 2. The number of aliphatic imine (C=N–C) groups is 1. The number of carbonyl (C=O) groups is 3. The van der Waals surface area contributed by atoms with Crippen LogP contribution in [0.15, 0.2) is 102 Å². The molecule has 11 nitrogen and oxygen atoms in total. The molecular weight excluding hydrogens is 646 g/mol. The molecule has 252 valence electrons. The molecule has 0 saturated heterocycles. The molecule has 0 aromatic heterocycles. The molecule has 0 spiro atoms. The summed E-state index contributed by atoms with van der Waals surface area (Å²) in [6.07, 6.45) is 0.563. The molecule has 0 radical (unpaired) electrons. The Bertz CT molecular complexity index is 1850. The van der Waals surface area contributed by atoms with Crippen LogP contribution in [0.25, 0.3) is 0 Å². The highest BCUT2D eigenvalue weighted by atomic mass is 35.5. The van der Waals surface area contributed by atoms with Crippen LogP contribution in [0.1, 0.15) is 34.7 Å². The van der Waals surface area contributed by atoms with E-state index in [0.717, 1.165) is 29.7 Å². The standard InChI is InChI=1S/C37H36ClN5O6/c38-30-12-6-7-13-32(30)49-33(44)22-43-21-26-14-15-27(20-31(26)41-36(43)42-37(46)48-23-24-8-2-1-3-9-24)47-19-17-29(35(39)45)34-28-11-5-4-10-25(28)16-18-40-34/h1-15,20,29,34,40H,16-19,21-23H2,(H2,39,45)(H,41,42,46). The van der Waals surface area contributed by atoms with Crippen LogP contribution < -0.4 is 25.8 Å². The number of esters is 1. The average molecular weight is 682 g/mol. The summed E-state index contributed by atoms with van der Waals surface area (Å²) in [5.74, 6) is -0.591. The number of nitrogens with two attached hydrogens (primary N) is 1. The Kier molecular flexibility index (Phi) is 10.7. The second-order valence-electron chi connectivity index (χ2n) is 11.7. The van der Waals surface area contributed by atoms with E-state index >= 15 is 0 Å². The fraction of sp³-hybridized carbons (Fsp3) is 0.243. The number of rotatable bonds is 11. The molecular formula is C37H36ClN5O6. The number of alkyl carbamates (subject to hydrolysis) is 1. The van der Waals surface area contributed by atoms with Crippen molar-refractivity contribution in [2.45, 2.75) is 32.0 Å². The molecule has 0 aliphatic carbocycles. The van der Waals surface area contributed by atoms with Gasteiger partial charge in [0.2, 0.25) is 11.9 Å². The highest BCUT2D eigenvalue weighted by molar-refractivity contribution is 6.32. The first-order chi connectivity index (χ1) is 23.8. The van der Waals surface area contributed by atoms with E-state index in [2.05, 4.69) is 21.7 Å². The monoisotopic (exact) mass is 681 g/mol. The normalized spacial score (nSPS) is 15.6. The Labute approximate surface area is 289 Å². The molecule has 0 saturated carbocycles. The number of hydrogen-bond donors (Lipinski definition) is 3. The van der Waals surface area contributed by atoms with E-state index in [0.29, 0.717) is 22.9 Å². The number of hydrogen-bond acceptors (Lipinski definition) is 9. The summed E-state index contributed by atoms with van der Waals surface area (Å²) in [7, 11) is 0. The van der Waals surface area contributed by atoms with Gasteiger partial charge in [-0.05, 0) is 59.8 Å². The predicted molar refractivity (Wildman–Crippen MR) is 184 cm³/mol. The Morgan fingerprint density at radius 3 is 2.57 bits per heavy atom. The third kappa shape index (κ3) is 8.56. The summed E-state index contributed by atoms with van der Waals surface area (Å²) in [5.41, 5.74) is 10.3. The summed E-state index contributed by atoms with van der Waals surface area (Å²) in [6, 6.07) is 29.2. The van der Waals surface area contributed by atoms with Gasteiger partial charge in [-0.1, -0.05) is 84.4 Å². The topological polar surface area (TPSA) is 145 Å². The van der Waals surface area contributed by atoms with Gasteiger partial charge in [0, 0.05) is 18.7 Å². The van der Waals surface area contributed by atoms with Crippen LogP contribution in [0.2, 0.25) is 5.02 Å². The van der Waals surface area contributed by atoms with Gasteiger partial charge >= 0.3 is 12.1 Å². The van der Waals surface area contributed by atoms with E-state index in [-0.39, 0.29) is 44.1 Å². The van der Waals surface area contributed by atoms with Gasteiger partial charge in [-0.3, -0.25) is 10.1 Å². The number of primary amides is 1. The Morgan fingerprint density at radius 1 is 0.980 bits per heavy atom. The molecule has 6 rings (SSSR count). The maximum atomic E-state index is 13.0. The van der Waals surface area contributed by atoms with Gasteiger partial charge in [-0.15, -0.1) is 0 Å². The van der Waals surface area contributed by atoms with Crippen LogP contribution in [0.4, 0.5) is 10.5 Å². The SMILES string of the molecule is NC(=O)C(CCOc1ccc2c(c1)N=C(NC(=O)OCc1ccccc1)N(CC(=O)Oc1ccccc1Cl)C2)C1NCCc2ccccc21. The third-order valence-electron chi connectivity index (χ3n) is 8.37. The fourth-order valence-electron chi connectivity index (χ4n) is 5.94. The van der Waals surface area contributed by atoms with Gasteiger partial charge in [-0.2, -0.15) is 0 Å². The van der Waals surface area contributed by atoms with Crippen LogP contribution in [0.3, 0.4) is 0 Å². The van der Waals surface area contributed by atoms with E-state index in [1.54, 1.807) is 41.3 Å². The number of nitrogens with zero attached hydrogens (tertiary/aromatic N) is 2. The van der Waals surface area contributed by atoms with Crippen molar-refractivity contribution in [3.8, 4) is 11.5 Å². The molecule has 2 heterocycles. The number of carbonyl (C=O) groups excluding carboxylic acids is 3. The summed E-state index contributed by atoms with van der Waals surface area (Å²) in [5, 5.41) is 6.43. The van der Waals surface area contributed by atoms with Crippen LogP contribution in [-0.2, 0) is 33.9 Å². The Morgan fingerprint density at radius 2 is 1.76 bits per heavy atom. The van der Waals surface area contributed by atoms with E-state index in [4.69, 9.17) is 31.5 Å². The van der Waals surface area contributed by atoms with Crippen molar-refractivity contribution in [3.63, 3.8) is 0 Å². The molecule has 2 atom stereocenters. The Balaban J connectivity index is 1.15. The smallest absolute Gasteiger partial charge is 0.414 e. The van der Waals surface area contributed by atoms with Crippen LogP contribution in [0, 0.1) is 5.92 Å². The van der Waals surface area contributed by atoms with Crippen molar-refractivity contribution in [2.75, 3.05) is 19.7 Å². The number of ether oxygens (including phenoxy) is 3. The first-order valence-corrected chi connectivity index (χ1v) is 16.3. The van der Waals surface area contributed by atoms with Gasteiger partial charge in [0.15, 0.2) is 0 Å². The summed E-state index contributed by atoms with van der Waals surface area (Å²) in [4.78, 5) is 44.6. The summed E-state index contributed by atoms with van der Waals surface area (Å²) in [6.45, 7) is 1.07. The maximum Gasteiger partial charge on any atom is 0.414 e. The molecule has 2 unspecified atom stereocenters. The molecule has 2 aliphatic rings. The van der Waals surface area contributed by atoms with Gasteiger partial charge in [0.1, 0.15) is 24.7 Å². The van der Waals surface area contributed by atoms with Crippen LogP contribution >= 0.6 is 11.6 Å². The molecule has 0 bridgehead atoms. The predicted octanol–water partition coefficient (Wildman–Crippen LogP) is 5.43. The number of halogens is 1. The van der Waals surface area contributed by atoms with Crippen molar-refractivity contribution in [3.05, 3.63) is 124 Å². The van der Waals surface area contributed by atoms with E-state index < -0.39 is 23.9 Å². The van der Waals surface area contributed by atoms with Gasteiger partial charge < -0.3 is 30.2 Å². The second kappa shape index (κ2) is 15.7. The molecule has 0 fully saturated rings. The number of benzene rings is 4. The number of fused-ring (bicyclic) bond motifs is 2. The lowest BCUT2D eigenvalue weighted by molar-refractivity contribution is -0.135. The Hall–Kier alpha value is -5.39. The average Bonchev–Trinajstić information content (AvgIpc) is 3.10. The highest BCUT2D eigenvalue weighted by Crippen LogP contribution is 2.33. The molecule has 2 amide bonds. The van der Waals surface area contributed by atoms with E-state index in [1.165, 1.54) is 5.56 Å². The zero-order chi connectivity index (χ0) is 34.2. The quantitative estimate of drug-likeness (QED) is 0.140. The molecule has 4 aromatic carbocycles. The van der Waals surface area contributed by atoms with Gasteiger partial charge in [0.25, 0.3) is 0 Å². The summed E-state index contributed by atoms with van der Waals surface area (Å²) >= 11 is 6.18. The zero-order valence-electron chi connectivity index (χ0n) is 26.6. The lowest BCUT2D eigenvalue weighted by Gasteiger charge is -2.32. The lowest BCUT2D eigenvalue weighted by atomic mass is 9.84. The van der Waals surface area contributed by atoms with Crippen molar-refractivity contribution < 1.29 is 28.6 Å². The summed E-state index contributed by atoms with van der Waals surface area (Å²) < 4.78 is 17.0. The minimum absolute atomic E-state index is 0.0529. The van der Waals surface area contributed by atoms with Gasteiger partial charge in [-0.25, -0.2) is 14.6 Å². The first kappa shape index (κ1) is 33.5. The van der Waals surface area contributed by atoms with Crippen molar-refractivity contribution in [1.29, 1.82) is 0 Å². The third-order valence-corrected chi connectivity index (χ3v) is 8.68. The van der Waals surface area contributed by atoms with Gasteiger partial charge in [0.05, 0.1) is 23.2 Å². The second-order valence-corrected chi connectivity index (χ2v) is 12.1. The number of amides is 2. The molecule has 4 aromatic rings. The first-order valence-electron chi connectivity index (χ1n) is 16.0. The minimum atomic E-state index is -0.738. The number of para-hydroxylation sites is 1. The largest absolute Gasteiger partial charge is 0.493 e. The van der Waals surface area contributed by atoms with Crippen molar-refractivity contribution in [1.82, 2.24) is 15.5 Å². The minimum Gasteiger partial charge on any atom is -0.493 e. The van der Waals surface area contributed by atoms with Crippen LogP contribution in [0.5, 0.6) is 11.5 Å². The van der Waals surface area contributed by atoms with E-state index in [9.17, 15) is 14.4 Å². The molecule has 2 aliphatic heterocycles. The fourth-order valence-corrected chi connectivity index (χ4v) is 6.11.